The third kappa shape index (κ3) is 2.37. The second kappa shape index (κ2) is 3.76. The Bertz CT molecular complexity index is 290. The standard InChI is InChI=1S/C8H9BrO3/c1-5-6(2-3-8(10)11)4-7(9)12-5/h4H,2-3H2,1H3,(H,10,11). The lowest BCUT2D eigenvalue weighted by molar-refractivity contribution is -0.136. The van der Waals surface area contributed by atoms with Crippen LogP contribution in [0.2, 0.25) is 0 Å². The van der Waals surface area contributed by atoms with E-state index in [0.29, 0.717) is 11.1 Å². The van der Waals surface area contributed by atoms with Gasteiger partial charge in [0.2, 0.25) is 0 Å². The van der Waals surface area contributed by atoms with Gasteiger partial charge in [0.25, 0.3) is 0 Å². The van der Waals surface area contributed by atoms with Crippen LogP contribution in [0.5, 0.6) is 0 Å². The molecule has 0 aromatic carbocycles. The third-order valence-electron chi connectivity index (χ3n) is 1.60. The number of furan rings is 1. The lowest BCUT2D eigenvalue weighted by atomic mass is 10.1. The first-order valence-electron chi connectivity index (χ1n) is 3.56. The Labute approximate surface area is 78.5 Å². The minimum atomic E-state index is -0.785. The van der Waals surface area contributed by atoms with Crippen molar-refractivity contribution in [1.82, 2.24) is 0 Å². The number of hydrogen-bond acceptors (Lipinski definition) is 2. The van der Waals surface area contributed by atoms with Crippen LogP contribution < -0.4 is 0 Å². The van der Waals surface area contributed by atoms with E-state index < -0.39 is 5.97 Å². The van der Waals surface area contributed by atoms with Crippen molar-refractivity contribution in [2.45, 2.75) is 19.8 Å². The molecule has 0 saturated carbocycles. The SMILES string of the molecule is Cc1oc(Br)cc1CCC(=O)O. The van der Waals surface area contributed by atoms with Crippen molar-refractivity contribution < 1.29 is 14.3 Å². The average Bonchev–Trinajstić information content (AvgIpc) is 2.26. The lowest BCUT2D eigenvalue weighted by Gasteiger charge is -1.93. The van der Waals surface area contributed by atoms with E-state index in [-0.39, 0.29) is 6.42 Å². The molecule has 0 unspecified atom stereocenters. The van der Waals surface area contributed by atoms with Gasteiger partial charge in [-0.2, -0.15) is 0 Å². The molecule has 0 bridgehead atoms. The largest absolute Gasteiger partial charge is 0.481 e. The third-order valence-corrected chi connectivity index (χ3v) is 1.99. The number of rotatable bonds is 3. The zero-order valence-corrected chi connectivity index (χ0v) is 8.22. The molecule has 12 heavy (non-hydrogen) atoms. The first-order chi connectivity index (χ1) is 5.59. The molecule has 0 radical (unpaired) electrons. The molecule has 1 rings (SSSR count). The van der Waals surface area contributed by atoms with Gasteiger partial charge in [0.1, 0.15) is 5.76 Å². The molecule has 1 aromatic rings. The highest BCUT2D eigenvalue weighted by molar-refractivity contribution is 9.10. The van der Waals surface area contributed by atoms with Gasteiger partial charge in [0.05, 0.1) is 0 Å². The van der Waals surface area contributed by atoms with Crippen LogP contribution in [0.25, 0.3) is 0 Å². The summed E-state index contributed by atoms with van der Waals surface area (Å²) in [7, 11) is 0. The number of hydrogen-bond donors (Lipinski definition) is 1. The van der Waals surface area contributed by atoms with Gasteiger partial charge in [-0.3, -0.25) is 4.79 Å². The van der Waals surface area contributed by atoms with Crippen LogP contribution in [0.15, 0.2) is 15.2 Å². The molecule has 1 heterocycles. The molecule has 4 heteroatoms. The van der Waals surface area contributed by atoms with E-state index in [1.807, 2.05) is 6.92 Å². The van der Waals surface area contributed by atoms with Crippen LogP contribution in [-0.2, 0) is 11.2 Å². The van der Waals surface area contributed by atoms with Crippen LogP contribution in [0, 0.1) is 6.92 Å². The van der Waals surface area contributed by atoms with Gasteiger partial charge in [0.15, 0.2) is 4.67 Å². The number of aryl methyl sites for hydroxylation is 2. The molecule has 0 spiro atoms. The Hall–Kier alpha value is -0.770. The summed E-state index contributed by atoms with van der Waals surface area (Å²) in [5, 5.41) is 8.43. The Balaban J connectivity index is 2.62. The van der Waals surface area contributed by atoms with Crippen LogP contribution >= 0.6 is 15.9 Å². The van der Waals surface area contributed by atoms with Crippen molar-refractivity contribution in [3.05, 3.63) is 22.1 Å². The predicted octanol–water partition coefficient (Wildman–Crippen LogP) is 2.37. The van der Waals surface area contributed by atoms with Crippen molar-refractivity contribution in [2.24, 2.45) is 0 Å². The molecule has 0 atom stereocenters. The van der Waals surface area contributed by atoms with E-state index in [4.69, 9.17) is 9.52 Å². The molecule has 0 aliphatic carbocycles. The number of halogens is 1. The van der Waals surface area contributed by atoms with Crippen LogP contribution in [0.1, 0.15) is 17.7 Å². The molecule has 1 N–H and O–H groups in total. The van der Waals surface area contributed by atoms with Crippen LogP contribution in [0.4, 0.5) is 0 Å². The minimum Gasteiger partial charge on any atom is -0.481 e. The maximum absolute atomic E-state index is 10.2. The molecule has 1 aromatic heterocycles. The summed E-state index contributed by atoms with van der Waals surface area (Å²) in [6.07, 6.45) is 0.670. The van der Waals surface area contributed by atoms with Crippen molar-refractivity contribution >= 4 is 21.9 Å². The summed E-state index contributed by atoms with van der Waals surface area (Å²) in [6, 6.07) is 1.80. The summed E-state index contributed by atoms with van der Waals surface area (Å²) in [4.78, 5) is 10.2. The van der Waals surface area contributed by atoms with E-state index in [9.17, 15) is 4.79 Å². The molecular formula is C8H9BrO3. The molecule has 0 aliphatic heterocycles. The second-order valence-corrected chi connectivity index (χ2v) is 3.31. The van der Waals surface area contributed by atoms with Gasteiger partial charge in [0, 0.05) is 6.42 Å². The molecule has 0 amide bonds. The normalized spacial score (nSPS) is 10.2. The summed E-state index contributed by atoms with van der Waals surface area (Å²) in [6.45, 7) is 1.82. The maximum atomic E-state index is 10.2. The second-order valence-electron chi connectivity index (χ2n) is 2.53. The molecule has 0 aliphatic rings. The lowest BCUT2D eigenvalue weighted by Crippen LogP contribution is -1.97. The number of carboxylic acid groups (broad SMARTS) is 1. The number of carbonyl (C=O) groups is 1. The molecule has 66 valence electrons. The monoisotopic (exact) mass is 232 g/mol. The Morgan fingerprint density at radius 2 is 2.42 bits per heavy atom. The zero-order chi connectivity index (χ0) is 9.14. The molecule has 0 saturated heterocycles. The van der Waals surface area contributed by atoms with Gasteiger partial charge in [-0.15, -0.1) is 0 Å². The van der Waals surface area contributed by atoms with E-state index in [1.165, 1.54) is 0 Å². The topological polar surface area (TPSA) is 50.4 Å². The first-order valence-corrected chi connectivity index (χ1v) is 4.35. The highest BCUT2D eigenvalue weighted by atomic mass is 79.9. The fourth-order valence-electron chi connectivity index (χ4n) is 0.970. The Morgan fingerprint density at radius 1 is 1.75 bits per heavy atom. The molecule has 0 fully saturated rings. The average molecular weight is 233 g/mol. The van der Waals surface area contributed by atoms with Gasteiger partial charge < -0.3 is 9.52 Å². The summed E-state index contributed by atoms with van der Waals surface area (Å²) in [5.74, 6) is -0.00477. The summed E-state index contributed by atoms with van der Waals surface area (Å²) in [5.41, 5.74) is 0.948. The van der Waals surface area contributed by atoms with Gasteiger partial charge in [-0.25, -0.2) is 0 Å². The first kappa shape index (κ1) is 9.32. The van der Waals surface area contributed by atoms with Gasteiger partial charge >= 0.3 is 5.97 Å². The van der Waals surface area contributed by atoms with Crippen molar-refractivity contribution in [3.8, 4) is 0 Å². The van der Waals surface area contributed by atoms with Gasteiger partial charge in [-0.1, -0.05) is 0 Å². The van der Waals surface area contributed by atoms with Crippen molar-refractivity contribution in [2.75, 3.05) is 0 Å². The smallest absolute Gasteiger partial charge is 0.303 e. The van der Waals surface area contributed by atoms with Crippen molar-refractivity contribution in [1.29, 1.82) is 0 Å². The van der Waals surface area contributed by atoms with E-state index in [2.05, 4.69) is 15.9 Å². The zero-order valence-electron chi connectivity index (χ0n) is 6.63. The van der Waals surface area contributed by atoms with E-state index >= 15 is 0 Å². The molecular weight excluding hydrogens is 224 g/mol. The molecule has 3 nitrogen and oxygen atoms in total. The van der Waals surface area contributed by atoms with Crippen LogP contribution in [0.3, 0.4) is 0 Å². The highest BCUT2D eigenvalue weighted by Crippen LogP contribution is 2.20. The Morgan fingerprint density at radius 3 is 2.83 bits per heavy atom. The fraction of sp³-hybridized carbons (Fsp3) is 0.375. The summed E-state index contributed by atoms with van der Waals surface area (Å²) >= 11 is 3.18. The van der Waals surface area contributed by atoms with E-state index in [0.717, 1.165) is 11.3 Å². The van der Waals surface area contributed by atoms with Crippen molar-refractivity contribution in [3.63, 3.8) is 0 Å². The maximum Gasteiger partial charge on any atom is 0.303 e. The fourth-order valence-corrected chi connectivity index (χ4v) is 1.49. The van der Waals surface area contributed by atoms with Crippen LogP contribution in [-0.4, -0.2) is 11.1 Å². The number of aliphatic carboxylic acids is 1. The predicted molar refractivity (Wildman–Crippen MR) is 47.1 cm³/mol. The quantitative estimate of drug-likeness (QED) is 0.871. The van der Waals surface area contributed by atoms with E-state index in [1.54, 1.807) is 6.07 Å². The highest BCUT2D eigenvalue weighted by Gasteiger charge is 2.06. The Kier molecular flexibility index (Phi) is 2.92. The minimum absolute atomic E-state index is 0.146. The number of carboxylic acids is 1. The van der Waals surface area contributed by atoms with Gasteiger partial charge in [-0.05, 0) is 40.9 Å². The summed E-state index contributed by atoms with van der Waals surface area (Å²) < 4.78 is 5.82.